The Kier molecular flexibility index (Phi) is 5.07. The summed E-state index contributed by atoms with van der Waals surface area (Å²) < 4.78 is 0. The van der Waals surface area contributed by atoms with Crippen molar-refractivity contribution in [2.24, 2.45) is 5.84 Å². The second-order valence-corrected chi connectivity index (χ2v) is 5.09. The van der Waals surface area contributed by atoms with Crippen LogP contribution in [-0.2, 0) is 6.54 Å². The molecule has 0 saturated heterocycles. The number of nitrogens with one attached hydrogen (secondary N) is 1. The van der Waals surface area contributed by atoms with E-state index in [1.807, 2.05) is 13.0 Å². The van der Waals surface area contributed by atoms with Crippen LogP contribution >= 0.6 is 0 Å². The van der Waals surface area contributed by atoms with Gasteiger partial charge in [0.25, 0.3) is 0 Å². The van der Waals surface area contributed by atoms with Crippen LogP contribution < -0.4 is 11.3 Å². The minimum Gasteiger partial charge on any atom is -0.395 e. The molecule has 1 heterocycles. The number of nitrogens with two attached hydrogens (primary N) is 1. The molecule has 6 nitrogen and oxygen atoms in total. The number of nitrogens with zero attached hydrogens (tertiary/aromatic N) is 3. The molecule has 1 aliphatic rings. The first-order valence-electron chi connectivity index (χ1n) is 6.89. The van der Waals surface area contributed by atoms with Crippen LogP contribution in [-0.4, -0.2) is 39.2 Å². The first kappa shape index (κ1) is 14.2. The smallest absolute Gasteiger partial charge is 0.145 e. The first-order chi connectivity index (χ1) is 9.22. The molecule has 2 rings (SSSR count). The summed E-state index contributed by atoms with van der Waals surface area (Å²) in [5, 5.41) is 9.22. The lowest BCUT2D eigenvalue weighted by Crippen LogP contribution is -2.35. The summed E-state index contributed by atoms with van der Waals surface area (Å²) in [5.41, 5.74) is 3.46. The van der Waals surface area contributed by atoms with E-state index in [0.29, 0.717) is 24.9 Å². The first-order valence-corrected chi connectivity index (χ1v) is 6.89. The van der Waals surface area contributed by atoms with Gasteiger partial charge in [0.1, 0.15) is 11.6 Å². The zero-order valence-electron chi connectivity index (χ0n) is 11.5. The molecule has 0 unspecified atom stereocenters. The molecule has 4 N–H and O–H groups in total. The lowest BCUT2D eigenvalue weighted by Gasteiger charge is -2.27. The third kappa shape index (κ3) is 3.86. The van der Waals surface area contributed by atoms with Crippen LogP contribution in [0.2, 0.25) is 0 Å². The fraction of sp³-hybridized carbons (Fsp3) is 0.692. The Hall–Kier alpha value is -1.24. The van der Waals surface area contributed by atoms with Crippen molar-refractivity contribution in [3.8, 4) is 0 Å². The molecule has 19 heavy (non-hydrogen) atoms. The molecule has 1 aromatic heterocycles. The lowest BCUT2D eigenvalue weighted by atomic mass is 10.2. The minimum atomic E-state index is 0.171. The van der Waals surface area contributed by atoms with Gasteiger partial charge in [-0.05, 0) is 19.8 Å². The minimum absolute atomic E-state index is 0.171. The van der Waals surface area contributed by atoms with Crippen LogP contribution in [0.15, 0.2) is 6.07 Å². The van der Waals surface area contributed by atoms with E-state index in [9.17, 15) is 5.11 Å². The summed E-state index contributed by atoms with van der Waals surface area (Å²) in [6, 6.07) is 2.36. The largest absolute Gasteiger partial charge is 0.395 e. The van der Waals surface area contributed by atoms with E-state index in [0.717, 1.165) is 11.5 Å². The van der Waals surface area contributed by atoms with Crippen LogP contribution in [0, 0.1) is 6.92 Å². The SMILES string of the molecule is Cc1cc(NN)nc(CN(CCO)C2CCCC2)n1. The molecule has 0 aliphatic heterocycles. The Labute approximate surface area is 114 Å². The molecular formula is C13H23N5O. The molecule has 0 aromatic carbocycles. The van der Waals surface area contributed by atoms with Gasteiger partial charge in [-0.2, -0.15) is 0 Å². The molecule has 1 saturated carbocycles. The third-order valence-corrected chi connectivity index (χ3v) is 3.62. The van der Waals surface area contributed by atoms with Gasteiger partial charge in [-0.3, -0.25) is 4.90 Å². The number of hydrazine groups is 1. The van der Waals surface area contributed by atoms with Gasteiger partial charge in [0.2, 0.25) is 0 Å². The van der Waals surface area contributed by atoms with Crippen LogP contribution in [0.25, 0.3) is 0 Å². The van der Waals surface area contributed by atoms with Crippen LogP contribution in [0.3, 0.4) is 0 Å². The lowest BCUT2D eigenvalue weighted by molar-refractivity contribution is 0.141. The zero-order valence-corrected chi connectivity index (χ0v) is 11.5. The van der Waals surface area contributed by atoms with Gasteiger partial charge < -0.3 is 10.5 Å². The molecule has 1 aliphatic carbocycles. The van der Waals surface area contributed by atoms with Gasteiger partial charge in [-0.1, -0.05) is 12.8 Å². The number of aryl methyl sites for hydroxylation is 1. The fourth-order valence-corrected chi connectivity index (χ4v) is 2.74. The maximum Gasteiger partial charge on any atom is 0.145 e. The molecular weight excluding hydrogens is 242 g/mol. The fourth-order valence-electron chi connectivity index (χ4n) is 2.74. The van der Waals surface area contributed by atoms with Gasteiger partial charge in [0.15, 0.2) is 0 Å². The number of aliphatic hydroxyl groups is 1. The highest BCUT2D eigenvalue weighted by atomic mass is 16.3. The number of hydrogen-bond acceptors (Lipinski definition) is 6. The number of aliphatic hydroxyl groups excluding tert-OH is 1. The van der Waals surface area contributed by atoms with Crippen molar-refractivity contribution in [2.45, 2.75) is 45.2 Å². The quantitative estimate of drug-likeness (QED) is 0.521. The molecule has 0 atom stereocenters. The number of hydrogen-bond donors (Lipinski definition) is 3. The number of aromatic nitrogens is 2. The van der Waals surface area contributed by atoms with Gasteiger partial charge in [-0.25, -0.2) is 15.8 Å². The monoisotopic (exact) mass is 265 g/mol. The van der Waals surface area contributed by atoms with E-state index < -0.39 is 0 Å². The van der Waals surface area contributed by atoms with Crippen molar-refractivity contribution in [1.82, 2.24) is 14.9 Å². The highest BCUT2D eigenvalue weighted by molar-refractivity contribution is 5.33. The van der Waals surface area contributed by atoms with Gasteiger partial charge in [0, 0.05) is 24.3 Å². The molecule has 1 fully saturated rings. The standard InChI is InChI=1S/C13H23N5O/c1-10-8-12(17-14)16-13(15-10)9-18(6-7-19)11-4-2-3-5-11/h8,11,19H,2-7,9,14H2,1H3,(H,15,16,17). The summed E-state index contributed by atoms with van der Waals surface area (Å²) in [6.07, 6.45) is 4.95. The van der Waals surface area contributed by atoms with Crippen LogP contribution in [0.5, 0.6) is 0 Å². The summed E-state index contributed by atoms with van der Waals surface area (Å²) in [4.78, 5) is 11.1. The van der Waals surface area contributed by atoms with E-state index in [-0.39, 0.29) is 6.61 Å². The summed E-state index contributed by atoms with van der Waals surface area (Å²) in [6.45, 7) is 3.44. The zero-order chi connectivity index (χ0) is 13.7. The highest BCUT2D eigenvalue weighted by Crippen LogP contribution is 2.24. The van der Waals surface area contributed by atoms with Gasteiger partial charge >= 0.3 is 0 Å². The second kappa shape index (κ2) is 6.79. The molecule has 106 valence electrons. The van der Waals surface area contributed by atoms with Gasteiger partial charge in [-0.15, -0.1) is 0 Å². The Morgan fingerprint density at radius 1 is 1.42 bits per heavy atom. The Balaban J connectivity index is 2.09. The average Bonchev–Trinajstić information content (AvgIpc) is 2.91. The Morgan fingerprint density at radius 2 is 2.16 bits per heavy atom. The highest BCUT2D eigenvalue weighted by Gasteiger charge is 2.23. The molecule has 0 spiro atoms. The predicted octanol–water partition coefficient (Wildman–Crippen LogP) is 0.808. The van der Waals surface area contributed by atoms with E-state index >= 15 is 0 Å². The predicted molar refractivity (Wildman–Crippen MR) is 74.3 cm³/mol. The number of rotatable bonds is 6. The van der Waals surface area contributed by atoms with E-state index in [1.165, 1.54) is 25.7 Å². The van der Waals surface area contributed by atoms with E-state index in [1.54, 1.807) is 0 Å². The van der Waals surface area contributed by atoms with Crippen LogP contribution in [0.1, 0.15) is 37.2 Å². The van der Waals surface area contributed by atoms with Crippen LogP contribution in [0.4, 0.5) is 5.82 Å². The van der Waals surface area contributed by atoms with Gasteiger partial charge in [0.05, 0.1) is 13.2 Å². The molecule has 1 aromatic rings. The van der Waals surface area contributed by atoms with Crippen molar-refractivity contribution in [3.05, 3.63) is 17.6 Å². The molecule has 0 radical (unpaired) electrons. The average molecular weight is 265 g/mol. The molecule has 0 amide bonds. The van der Waals surface area contributed by atoms with Crippen molar-refractivity contribution in [2.75, 3.05) is 18.6 Å². The maximum atomic E-state index is 9.22. The maximum absolute atomic E-state index is 9.22. The summed E-state index contributed by atoms with van der Waals surface area (Å²) in [5.74, 6) is 6.80. The summed E-state index contributed by atoms with van der Waals surface area (Å²) >= 11 is 0. The van der Waals surface area contributed by atoms with Crippen molar-refractivity contribution >= 4 is 5.82 Å². The third-order valence-electron chi connectivity index (χ3n) is 3.62. The van der Waals surface area contributed by atoms with Crippen molar-refractivity contribution in [3.63, 3.8) is 0 Å². The topological polar surface area (TPSA) is 87.3 Å². The van der Waals surface area contributed by atoms with E-state index in [2.05, 4.69) is 20.3 Å². The Morgan fingerprint density at radius 3 is 2.79 bits per heavy atom. The summed E-state index contributed by atoms with van der Waals surface area (Å²) in [7, 11) is 0. The number of anilines is 1. The number of nitrogen functional groups attached to an aromatic ring is 1. The molecule has 0 bridgehead atoms. The second-order valence-electron chi connectivity index (χ2n) is 5.09. The normalized spacial score (nSPS) is 16.2. The molecule has 6 heteroatoms. The van der Waals surface area contributed by atoms with Crippen molar-refractivity contribution < 1.29 is 5.11 Å². The van der Waals surface area contributed by atoms with E-state index in [4.69, 9.17) is 5.84 Å². The Bertz CT molecular complexity index is 406. The van der Waals surface area contributed by atoms with Crippen molar-refractivity contribution in [1.29, 1.82) is 0 Å².